The first-order chi connectivity index (χ1) is 12.8. The van der Waals surface area contributed by atoms with Gasteiger partial charge in [0, 0.05) is 31.4 Å². The number of piperazine rings is 1. The molecule has 0 bridgehead atoms. The number of nitrogens with one attached hydrogen (secondary N) is 1. The first-order valence-corrected chi connectivity index (χ1v) is 8.67. The summed E-state index contributed by atoms with van der Waals surface area (Å²) in [6.07, 6.45) is 1.76. The normalized spacial score (nSPS) is 18.0. The van der Waals surface area contributed by atoms with Crippen molar-refractivity contribution in [2.75, 3.05) is 26.7 Å². The molecule has 3 heterocycles. The quantitative estimate of drug-likeness (QED) is 0.756. The summed E-state index contributed by atoms with van der Waals surface area (Å²) in [4.78, 5) is 11.0. The molecular weight excluding hydrogens is 330 g/mol. The van der Waals surface area contributed by atoms with Gasteiger partial charge in [0.1, 0.15) is 12.4 Å². The van der Waals surface area contributed by atoms with Crippen LogP contribution in [0.5, 0.6) is 5.75 Å². The van der Waals surface area contributed by atoms with Gasteiger partial charge in [-0.05, 0) is 43.4 Å². The third-order valence-corrected chi connectivity index (χ3v) is 4.46. The lowest BCUT2D eigenvalue weighted by molar-refractivity contribution is 0.190. The molecule has 1 atom stereocenters. The molecule has 0 radical (unpaired) electrons. The molecule has 1 unspecified atom stereocenters. The van der Waals surface area contributed by atoms with Crippen LogP contribution in [0, 0.1) is 0 Å². The van der Waals surface area contributed by atoms with Crippen molar-refractivity contribution in [2.24, 2.45) is 0 Å². The van der Waals surface area contributed by atoms with Crippen molar-refractivity contribution in [1.29, 1.82) is 0 Å². The van der Waals surface area contributed by atoms with Crippen LogP contribution >= 0.6 is 0 Å². The predicted octanol–water partition coefficient (Wildman–Crippen LogP) is 2.29. The molecule has 1 aliphatic heterocycles. The lowest BCUT2D eigenvalue weighted by Gasteiger charge is -2.30. The molecule has 2 aromatic heterocycles. The Morgan fingerprint density at radius 3 is 2.88 bits per heavy atom. The first kappa shape index (κ1) is 16.7. The van der Waals surface area contributed by atoms with Crippen LogP contribution in [0.25, 0.3) is 11.5 Å². The van der Waals surface area contributed by atoms with E-state index < -0.39 is 0 Å². The highest BCUT2D eigenvalue weighted by Crippen LogP contribution is 2.24. The van der Waals surface area contributed by atoms with Crippen molar-refractivity contribution < 1.29 is 9.26 Å². The maximum atomic E-state index is 5.75. The van der Waals surface area contributed by atoms with Crippen molar-refractivity contribution in [3.8, 4) is 17.2 Å². The number of ether oxygens (including phenoxy) is 1. The Kier molecular flexibility index (Phi) is 4.90. The molecule has 4 rings (SSSR count). The fraction of sp³-hybridized carbons (Fsp3) is 0.316. The van der Waals surface area contributed by atoms with Gasteiger partial charge in [0.15, 0.2) is 5.82 Å². The minimum Gasteiger partial charge on any atom is -0.487 e. The van der Waals surface area contributed by atoms with Crippen LogP contribution in [0.4, 0.5) is 0 Å². The second-order valence-electron chi connectivity index (χ2n) is 6.29. The van der Waals surface area contributed by atoms with Crippen LogP contribution in [0.2, 0.25) is 0 Å². The highest BCUT2D eigenvalue weighted by molar-refractivity contribution is 5.54. The Morgan fingerprint density at radius 2 is 2.12 bits per heavy atom. The molecule has 1 fully saturated rings. The van der Waals surface area contributed by atoms with E-state index in [4.69, 9.17) is 9.26 Å². The largest absolute Gasteiger partial charge is 0.487 e. The van der Waals surface area contributed by atoms with Crippen LogP contribution in [-0.2, 0) is 6.61 Å². The number of rotatable bonds is 5. The standard InChI is InChI=1S/C19H21N5O2/c1-24-11-10-20-12-17(24)18-22-19(26-23-18)14-5-7-16(8-6-14)25-13-15-4-2-3-9-21-15/h2-9,17,20H,10-13H2,1H3. The molecule has 0 amide bonds. The Hall–Kier alpha value is -2.77. The maximum Gasteiger partial charge on any atom is 0.257 e. The Morgan fingerprint density at radius 1 is 1.23 bits per heavy atom. The fourth-order valence-electron chi connectivity index (χ4n) is 2.92. The summed E-state index contributed by atoms with van der Waals surface area (Å²) in [5.41, 5.74) is 1.77. The van der Waals surface area contributed by atoms with E-state index in [1.54, 1.807) is 6.20 Å². The summed E-state index contributed by atoms with van der Waals surface area (Å²) in [6, 6.07) is 13.6. The molecule has 134 valence electrons. The van der Waals surface area contributed by atoms with Gasteiger partial charge in [-0.3, -0.25) is 9.88 Å². The van der Waals surface area contributed by atoms with Gasteiger partial charge in [-0.15, -0.1) is 0 Å². The van der Waals surface area contributed by atoms with Crippen LogP contribution in [0.3, 0.4) is 0 Å². The van der Waals surface area contributed by atoms with E-state index in [-0.39, 0.29) is 6.04 Å². The highest BCUT2D eigenvalue weighted by atomic mass is 16.5. The Labute approximate surface area is 152 Å². The maximum absolute atomic E-state index is 5.75. The van der Waals surface area contributed by atoms with Gasteiger partial charge in [0.25, 0.3) is 5.89 Å². The van der Waals surface area contributed by atoms with Gasteiger partial charge in [-0.2, -0.15) is 4.98 Å². The third kappa shape index (κ3) is 3.74. The number of aromatic nitrogens is 3. The van der Waals surface area contributed by atoms with Crippen molar-refractivity contribution in [2.45, 2.75) is 12.6 Å². The summed E-state index contributed by atoms with van der Waals surface area (Å²) >= 11 is 0. The smallest absolute Gasteiger partial charge is 0.257 e. The summed E-state index contributed by atoms with van der Waals surface area (Å²) in [7, 11) is 2.08. The molecule has 1 saturated heterocycles. The van der Waals surface area contributed by atoms with Crippen molar-refractivity contribution >= 4 is 0 Å². The molecule has 0 aliphatic carbocycles. The zero-order valence-electron chi connectivity index (χ0n) is 14.6. The monoisotopic (exact) mass is 351 g/mol. The second-order valence-corrected chi connectivity index (χ2v) is 6.29. The van der Waals surface area contributed by atoms with E-state index in [1.165, 1.54) is 0 Å². The van der Waals surface area contributed by atoms with Gasteiger partial charge in [0.2, 0.25) is 0 Å². The number of nitrogens with zero attached hydrogens (tertiary/aromatic N) is 4. The molecule has 0 saturated carbocycles. The molecule has 7 nitrogen and oxygen atoms in total. The SMILES string of the molecule is CN1CCNCC1c1noc(-c2ccc(OCc3ccccn3)cc2)n1. The summed E-state index contributed by atoms with van der Waals surface area (Å²) < 4.78 is 11.2. The molecule has 1 N–H and O–H groups in total. The van der Waals surface area contributed by atoms with Gasteiger partial charge in [-0.25, -0.2) is 0 Å². The zero-order valence-corrected chi connectivity index (χ0v) is 14.6. The zero-order chi connectivity index (χ0) is 17.8. The van der Waals surface area contributed by atoms with Crippen LogP contribution < -0.4 is 10.1 Å². The van der Waals surface area contributed by atoms with Crippen molar-refractivity contribution in [3.05, 3.63) is 60.2 Å². The molecule has 1 aliphatic rings. The van der Waals surface area contributed by atoms with Gasteiger partial charge in [0.05, 0.1) is 11.7 Å². The van der Waals surface area contributed by atoms with Gasteiger partial charge >= 0.3 is 0 Å². The van der Waals surface area contributed by atoms with E-state index in [1.807, 2.05) is 42.5 Å². The van der Waals surface area contributed by atoms with Gasteiger partial charge < -0.3 is 14.6 Å². The van der Waals surface area contributed by atoms with E-state index in [0.717, 1.165) is 36.6 Å². The van der Waals surface area contributed by atoms with Crippen molar-refractivity contribution in [3.63, 3.8) is 0 Å². The van der Waals surface area contributed by atoms with Gasteiger partial charge in [-0.1, -0.05) is 11.2 Å². The number of benzene rings is 1. The fourth-order valence-corrected chi connectivity index (χ4v) is 2.92. The summed E-state index contributed by atoms with van der Waals surface area (Å²) in [5, 5.41) is 7.52. The van der Waals surface area contributed by atoms with E-state index in [9.17, 15) is 0 Å². The topological polar surface area (TPSA) is 76.3 Å². The average Bonchev–Trinajstić information content (AvgIpc) is 3.18. The lowest BCUT2D eigenvalue weighted by Crippen LogP contribution is -2.44. The Balaban J connectivity index is 1.42. The molecule has 3 aromatic rings. The minimum absolute atomic E-state index is 0.141. The number of hydrogen-bond acceptors (Lipinski definition) is 7. The van der Waals surface area contributed by atoms with Crippen molar-refractivity contribution in [1.82, 2.24) is 25.3 Å². The minimum atomic E-state index is 0.141. The third-order valence-electron chi connectivity index (χ3n) is 4.46. The lowest BCUT2D eigenvalue weighted by atomic mass is 10.2. The number of pyridine rings is 1. The number of likely N-dealkylation sites (N-methyl/N-ethyl adjacent to an activating group) is 1. The molecule has 7 heteroatoms. The average molecular weight is 351 g/mol. The summed E-state index contributed by atoms with van der Waals surface area (Å²) in [5.74, 6) is 2.01. The summed E-state index contributed by atoms with van der Waals surface area (Å²) in [6.45, 7) is 3.22. The molecule has 26 heavy (non-hydrogen) atoms. The molecule has 0 spiro atoms. The van der Waals surface area contributed by atoms with Crippen LogP contribution in [-0.4, -0.2) is 46.7 Å². The van der Waals surface area contributed by atoms with E-state index in [2.05, 4.69) is 32.4 Å². The Bertz CT molecular complexity index is 835. The predicted molar refractivity (Wildman–Crippen MR) is 96.5 cm³/mol. The van der Waals surface area contributed by atoms with E-state index >= 15 is 0 Å². The number of hydrogen-bond donors (Lipinski definition) is 1. The highest BCUT2D eigenvalue weighted by Gasteiger charge is 2.25. The molecule has 1 aromatic carbocycles. The van der Waals surface area contributed by atoms with Crippen LogP contribution in [0.1, 0.15) is 17.6 Å². The molecular formula is C19H21N5O2. The van der Waals surface area contributed by atoms with Crippen LogP contribution in [0.15, 0.2) is 53.2 Å². The van der Waals surface area contributed by atoms with E-state index in [0.29, 0.717) is 18.3 Å². The second kappa shape index (κ2) is 7.63. The first-order valence-electron chi connectivity index (χ1n) is 8.67.